The molecule has 4 heteroatoms. The van der Waals surface area contributed by atoms with E-state index in [1.807, 2.05) is 0 Å². The van der Waals surface area contributed by atoms with E-state index in [0.29, 0.717) is 5.15 Å². The van der Waals surface area contributed by atoms with Crippen LogP contribution in [0.5, 0.6) is 0 Å². The molecule has 0 spiro atoms. The van der Waals surface area contributed by atoms with Gasteiger partial charge in [-0.25, -0.2) is 9.97 Å². The quantitative estimate of drug-likeness (QED) is 0.576. The van der Waals surface area contributed by atoms with Crippen LogP contribution in [-0.4, -0.2) is 23.1 Å². The van der Waals surface area contributed by atoms with Gasteiger partial charge in [0.15, 0.2) is 0 Å². The Kier molecular flexibility index (Phi) is 3.69. The van der Waals surface area contributed by atoms with Crippen molar-refractivity contribution in [3.8, 4) is 0 Å². The number of halogens is 1. The summed E-state index contributed by atoms with van der Waals surface area (Å²) in [5, 5.41) is 0.697. The molecular formula is C14H20ClN3. The fourth-order valence-corrected chi connectivity index (χ4v) is 3.23. The Balaban J connectivity index is 1.91. The second-order valence-corrected chi connectivity index (χ2v) is 5.71. The molecule has 0 N–H and O–H groups in total. The smallest absolute Gasteiger partial charge is 0.227 e. The van der Waals surface area contributed by atoms with Gasteiger partial charge in [0.2, 0.25) is 5.95 Å². The van der Waals surface area contributed by atoms with Gasteiger partial charge < -0.3 is 4.90 Å². The van der Waals surface area contributed by atoms with E-state index in [9.17, 15) is 0 Å². The van der Waals surface area contributed by atoms with E-state index in [1.165, 1.54) is 49.8 Å². The van der Waals surface area contributed by atoms with E-state index in [2.05, 4.69) is 9.88 Å². The van der Waals surface area contributed by atoms with Gasteiger partial charge in [-0.3, -0.25) is 0 Å². The van der Waals surface area contributed by atoms with Crippen molar-refractivity contribution in [3.05, 3.63) is 16.4 Å². The minimum atomic E-state index is 0.697. The predicted molar refractivity (Wildman–Crippen MR) is 74.4 cm³/mol. The van der Waals surface area contributed by atoms with Gasteiger partial charge in [-0.2, -0.15) is 0 Å². The second kappa shape index (κ2) is 5.43. The fraction of sp³-hybridized carbons (Fsp3) is 0.714. The number of piperidine rings is 1. The summed E-state index contributed by atoms with van der Waals surface area (Å²) in [5.41, 5.74) is 2.41. The third kappa shape index (κ3) is 2.46. The van der Waals surface area contributed by atoms with Crippen LogP contribution >= 0.6 is 11.6 Å². The molecule has 2 aliphatic rings. The Bertz CT molecular complexity index is 427. The fourth-order valence-electron chi connectivity index (χ4n) is 2.95. The predicted octanol–water partition coefficient (Wildman–Crippen LogP) is 3.39. The van der Waals surface area contributed by atoms with Crippen molar-refractivity contribution < 1.29 is 0 Å². The number of aromatic nitrogens is 2. The number of nitrogens with zero attached hydrogens (tertiary/aromatic N) is 3. The van der Waals surface area contributed by atoms with Crippen LogP contribution in [0.25, 0.3) is 0 Å². The Hall–Kier alpha value is -0.830. The van der Waals surface area contributed by atoms with Crippen LogP contribution in [0, 0.1) is 0 Å². The summed E-state index contributed by atoms with van der Waals surface area (Å²) in [4.78, 5) is 11.6. The first-order chi connectivity index (χ1) is 8.84. The molecule has 1 aliphatic heterocycles. The molecule has 0 bridgehead atoms. The minimum Gasteiger partial charge on any atom is -0.341 e. The number of aryl methyl sites for hydroxylation is 1. The molecular weight excluding hydrogens is 246 g/mol. The van der Waals surface area contributed by atoms with Crippen LogP contribution in [0.15, 0.2) is 0 Å². The van der Waals surface area contributed by atoms with E-state index in [1.54, 1.807) is 0 Å². The Morgan fingerprint density at radius 1 is 0.833 bits per heavy atom. The lowest BCUT2D eigenvalue weighted by molar-refractivity contribution is 0.567. The summed E-state index contributed by atoms with van der Waals surface area (Å²) in [7, 11) is 0. The lowest BCUT2D eigenvalue weighted by atomic mass is 10.1. The summed E-state index contributed by atoms with van der Waals surface area (Å²) in [5.74, 6) is 0.861. The number of hydrogen-bond acceptors (Lipinski definition) is 3. The first-order valence-electron chi connectivity index (χ1n) is 7.15. The Morgan fingerprint density at radius 2 is 1.56 bits per heavy atom. The number of fused-ring (bicyclic) bond motifs is 1. The molecule has 1 fully saturated rings. The maximum absolute atomic E-state index is 6.36. The van der Waals surface area contributed by atoms with E-state index in [-0.39, 0.29) is 0 Å². The van der Waals surface area contributed by atoms with Crippen molar-refractivity contribution in [1.29, 1.82) is 0 Å². The van der Waals surface area contributed by atoms with Crippen molar-refractivity contribution in [2.45, 2.75) is 51.4 Å². The molecule has 0 aromatic carbocycles. The highest BCUT2D eigenvalue weighted by Gasteiger charge is 2.19. The monoisotopic (exact) mass is 265 g/mol. The molecule has 3 nitrogen and oxygen atoms in total. The number of anilines is 1. The largest absolute Gasteiger partial charge is 0.341 e. The molecule has 0 radical (unpaired) electrons. The third-order valence-corrected chi connectivity index (χ3v) is 4.32. The first-order valence-corrected chi connectivity index (χ1v) is 7.52. The van der Waals surface area contributed by atoms with Gasteiger partial charge in [0.25, 0.3) is 0 Å². The molecule has 1 aliphatic carbocycles. The van der Waals surface area contributed by atoms with Gasteiger partial charge in [0, 0.05) is 18.7 Å². The summed E-state index contributed by atoms with van der Waals surface area (Å²) >= 11 is 6.36. The Labute approximate surface area is 114 Å². The first kappa shape index (κ1) is 12.2. The van der Waals surface area contributed by atoms with Crippen molar-refractivity contribution in [3.63, 3.8) is 0 Å². The minimum absolute atomic E-state index is 0.697. The van der Waals surface area contributed by atoms with Crippen LogP contribution in [0.1, 0.15) is 49.8 Å². The summed E-state index contributed by atoms with van der Waals surface area (Å²) in [6.07, 6.45) is 9.68. The summed E-state index contributed by atoms with van der Waals surface area (Å²) in [6, 6.07) is 0. The zero-order chi connectivity index (χ0) is 12.4. The number of rotatable bonds is 1. The summed E-state index contributed by atoms with van der Waals surface area (Å²) in [6.45, 7) is 2.16. The zero-order valence-corrected chi connectivity index (χ0v) is 11.5. The normalized spacial score (nSPS) is 20.4. The van der Waals surface area contributed by atoms with Crippen molar-refractivity contribution in [1.82, 2.24) is 9.97 Å². The lowest BCUT2D eigenvalue weighted by Crippen LogP contribution is -2.31. The van der Waals surface area contributed by atoms with Gasteiger partial charge in [0.1, 0.15) is 5.15 Å². The summed E-state index contributed by atoms with van der Waals surface area (Å²) < 4.78 is 0. The van der Waals surface area contributed by atoms with Crippen LogP contribution < -0.4 is 4.90 Å². The molecule has 3 rings (SSSR count). The zero-order valence-electron chi connectivity index (χ0n) is 10.8. The second-order valence-electron chi connectivity index (χ2n) is 5.35. The van der Waals surface area contributed by atoms with Gasteiger partial charge in [-0.1, -0.05) is 18.0 Å². The highest BCUT2D eigenvalue weighted by atomic mass is 35.5. The standard InChI is InChI=1S/C14H20ClN3/c15-13-11-7-3-1-4-8-12(11)16-14(17-13)18-9-5-2-6-10-18/h1-10H2. The number of hydrogen-bond donors (Lipinski definition) is 0. The third-order valence-electron chi connectivity index (χ3n) is 4.01. The molecule has 1 aromatic heterocycles. The average Bonchev–Trinajstić information content (AvgIpc) is 2.65. The van der Waals surface area contributed by atoms with E-state index < -0.39 is 0 Å². The average molecular weight is 266 g/mol. The van der Waals surface area contributed by atoms with E-state index >= 15 is 0 Å². The molecule has 0 amide bonds. The highest BCUT2D eigenvalue weighted by Crippen LogP contribution is 2.27. The van der Waals surface area contributed by atoms with Crippen LogP contribution in [0.3, 0.4) is 0 Å². The molecule has 18 heavy (non-hydrogen) atoms. The topological polar surface area (TPSA) is 29.0 Å². The van der Waals surface area contributed by atoms with Gasteiger partial charge in [0.05, 0.1) is 5.69 Å². The van der Waals surface area contributed by atoms with Crippen LogP contribution in [-0.2, 0) is 12.8 Å². The Morgan fingerprint density at radius 3 is 2.39 bits per heavy atom. The highest BCUT2D eigenvalue weighted by molar-refractivity contribution is 6.30. The van der Waals surface area contributed by atoms with Gasteiger partial charge in [-0.05, 0) is 44.9 Å². The van der Waals surface area contributed by atoms with Gasteiger partial charge >= 0.3 is 0 Å². The van der Waals surface area contributed by atoms with E-state index in [4.69, 9.17) is 16.6 Å². The molecule has 2 heterocycles. The van der Waals surface area contributed by atoms with Gasteiger partial charge in [-0.15, -0.1) is 0 Å². The SMILES string of the molecule is Clc1nc(N2CCCCC2)nc2c1CCCCC2. The maximum Gasteiger partial charge on any atom is 0.227 e. The molecule has 1 aromatic rings. The molecule has 0 unspecified atom stereocenters. The van der Waals surface area contributed by atoms with Crippen molar-refractivity contribution in [2.75, 3.05) is 18.0 Å². The lowest BCUT2D eigenvalue weighted by Gasteiger charge is -2.27. The van der Waals surface area contributed by atoms with E-state index in [0.717, 1.165) is 31.9 Å². The molecule has 0 saturated carbocycles. The van der Waals surface area contributed by atoms with Crippen molar-refractivity contribution in [2.24, 2.45) is 0 Å². The maximum atomic E-state index is 6.36. The molecule has 1 saturated heterocycles. The van der Waals surface area contributed by atoms with Crippen LogP contribution in [0.4, 0.5) is 5.95 Å². The molecule has 0 atom stereocenters. The molecule has 98 valence electrons. The van der Waals surface area contributed by atoms with Crippen molar-refractivity contribution >= 4 is 17.5 Å². The van der Waals surface area contributed by atoms with Crippen LogP contribution in [0.2, 0.25) is 5.15 Å².